The van der Waals surface area contributed by atoms with Crippen LogP contribution in [-0.2, 0) is 0 Å². The minimum Gasteiger partial charge on any atom is -0.334 e. The van der Waals surface area contributed by atoms with Crippen LogP contribution in [0.25, 0.3) is 11.3 Å². The van der Waals surface area contributed by atoms with Crippen molar-refractivity contribution in [2.75, 3.05) is 0 Å². The van der Waals surface area contributed by atoms with Crippen molar-refractivity contribution in [3.63, 3.8) is 0 Å². The molecule has 1 aliphatic carbocycles. The van der Waals surface area contributed by atoms with E-state index in [4.69, 9.17) is 0 Å². The third kappa shape index (κ3) is 3.32. The predicted octanol–water partition coefficient (Wildman–Crippen LogP) is 4.28. The van der Waals surface area contributed by atoms with Crippen molar-refractivity contribution in [2.24, 2.45) is 0 Å². The van der Waals surface area contributed by atoms with Crippen molar-refractivity contribution in [1.82, 2.24) is 14.9 Å². The van der Waals surface area contributed by atoms with Gasteiger partial charge in [0.25, 0.3) is 5.91 Å². The molecule has 1 aliphatic rings. The van der Waals surface area contributed by atoms with Gasteiger partial charge in [0, 0.05) is 34.8 Å². The van der Waals surface area contributed by atoms with Crippen LogP contribution < -0.4 is 0 Å². The van der Waals surface area contributed by atoms with Gasteiger partial charge in [0.2, 0.25) is 0 Å². The van der Waals surface area contributed by atoms with Crippen LogP contribution in [0.3, 0.4) is 0 Å². The van der Waals surface area contributed by atoms with Crippen LogP contribution in [0, 0.1) is 0 Å². The highest BCUT2D eigenvalue weighted by Crippen LogP contribution is 2.39. The first-order valence-electron chi connectivity index (χ1n) is 8.73. The molecule has 0 saturated heterocycles. The van der Waals surface area contributed by atoms with E-state index in [-0.39, 0.29) is 18.0 Å². The summed E-state index contributed by atoms with van der Waals surface area (Å²) in [6.45, 7) is 8.21. The lowest BCUT2D eigenvalue weighted by Gasteiger charge is -2.31. The van der Waals surface area contributed by atoms with Gasteiger partial charge in [0.1, 0.15) is 6.33 Å². The van der Waals surface area contributed by atoms with Gasteiger partial charge in [-0.1, -0.05) is 18.2 Å². The van der Waals surface area contributed by atoms with E-state index >= 15 is 0 Å². The molecule has 0 spiro atoms. The lowest BCUT2D eigenvalue weighted by molar-refractivity contribution is 0.0644. The monoisotopic (exact) mass is 323 g/mol. The molecule has 126 valence electrons. The van der Waals surface area contributed by atoms with Crippen molar-refractivity contribution < 1.29 is 4.79 Å². The number of nitrogens with zero attached hydrogens (tertiary/aromatic N) is 3. The zero-order chi connectivity index (χ0) is 17.3. The highest BCUT2D eigenvalue weighted by atomic mass is 16.2. The van der Waals surface area contributed by atoms with Gasteiger partial charge < -0.3 is 4.90 Å². The molecular formula is C20H25N3O. The van der Waals surface area contributed by atoms with E-state index in [0.717, 1.165) is 17.0 Å². The van der Waals surface area contributed by atoms with E-state index in [1.165, 1.54) is 12.8 Å². The van der Waals surface area contributed by atoms with Crippen LogP contribution in [0.5, 0.6) is 0 Å². The number of aromatic nitrogens is 2. The molecule has 24 heavy (non-hydrogen) atoms. The second-order valence-electron chi connectivity index (χ2n) is 7.05. The molecule has 1 amide bonds. The van der Waals surface area contributed by atoms with Crippen molar-refractivity contribution in [3.05, 3.63) is 47.9 Å². The fraction of sp³-hybridized carbons (Fsp3) is 0.450. The number of amides is 1. The fourth-order valence-electron chi connectivity index (χ4n) is 3.22. The molecular weight excluding hydrogens is 298 g/mol. The summed E-state index contributed by atoms with van der Waals surface area (Å²) in [5.74, 6) is 0.625. The summed E-state index contributed by atoms with van der Waals surface area (Å²) in [6, 6.07) is 10.1. The fourth-order valence-corrected chi connectivity index (χ4v) is 3.22. The molecule has 4 heteroatoms. The average Bonchev–Trinajstić information content (AvgIpc) is 3.39. The SMILES string of the molecule is CC(C)N(C(=O)c1ccccc1-c1cc(C2CC2)ncn1)C(C)C. The molecule has 1 aromatic heterocycles. The van der Waals surface area contributed by atoms with Crippen molar-refractivity contribution >= 4 is 5.91 Å². The Morgan fingerprint density at radius 1 is 1.08 bits per heavy atom. The van der Waals surface area contributed by atoms with Crippen LogP contribution in [0.2, 0.25) is 0 Å². The normalized spacial score (nSPS) is 14.2. The van der Waals surface area contributed by atoms with E-state index in [2.05, 4.69) is 37.7 Å². The summed E-state index contributed by atoms with van der Waals surface area (Å²) in [6.07, 6.45) is 4.02. The molecule has 1 aromatic carbocycles. The van der Waals surface area contributed by atoms with Crippen LogP contribution in [0.1, 0.15) is 62.5 Å². The lowest BCUT2D eigenvalue weighted by Crippen LogP contribution is -2.42. The third-order valence-corrected chi connectivity index (χ3v) is 4.46. The number of rotatable bonds is 5. The summed E-state index contributed by atoms with van der Waals surface area (Å²) >= 11 is 0. The number of hydrogen-bond donors (Lipinski definition) is 0. The number of hydrogen-bond acceptors (Lipinski definition) is 3. The molecule has 1 heterocycles. The van der Waals surface area contributed by atoms with Gasteiger partial charge in [-0.25, -0.2) is 9.97 Å². The Bertz CT molecular complexity index is 727. The first kappa shape index (κ1) is 16.6. The standard InChI is InChI=1S/C20H25N3O/c1-13(2)23(14(3)4)20(24)17-8-6-5-7-16(17)19-11-18(15-9-10-15)21-12-22-19/h5-8,11-15H,9-10H2,1-4H3. The van der Waals surface area contributed by atoms with Crippen molar-refractivity contribution in [3.8, 4) is 11.3 Å². The van der Waals surface area contributed by atoms with Gasteiger partial charge in [0.15, 0.2) is 0 Å². The highest BCUT2D eigenvalue weighted by Gasteiger charge is 2.27. The molecule has 2 aromatic rings. The second kappa shape index (κ2) is 6.71. The Morgan fingerprint density at radius 2 is 1.75 bits per heavy atom. The Morgan fingerprint density at radius 3 is 2.38 bits per heavy atom. The van der Waals surface area contributed by atoms with Gasteiger partial charge >= 0.3 is 0 Å². The van der Waals surface area contributed by atoms with Gasteiger partial charge in [-0.05, 0) is 52.7 Å². The van der Waals surface area contributed by atoms with E-state index in [0.29, 0.717) is 11.5 Å². The Kier molecular flexibility index (Phi) is 4.65. The molecule has 0 aliphatic heterocycles. The molecule has 0 N–H and O–H groups in total. The zero-order valence-corrected chi connectivity index (χ0v) is 14.9. The maximum absolute atomic E-state index is 13.1. The van der Waals surface area contributed by atoms with Crippen LogP contribution in [0.4, 0.5) is 0 Å². The van der Waals surface area contributed by atoms with Gasteiger partial charge in [-0.15, -0.1) is 0 Å². The summed E-state index contributed by atoms with van der Waals surface area (Å²) in [7, 11) is 0. The van der Waals surface area contributed by atoms with E-state index < -0.39 is 0 Å². The molecule has 0 bridgehead atoms. The largest absolute Gasteiger partial charge is 0.334 e. The molecule has 0 unspecified atom stereocenters. The number of benzene rings is 1. The summed E-state index contributed by atoms with van der Waals surface area (Å²) in [5.41, 5.74) is 3.52. The zero-order valence-electron chi connectivity index (χ0n) is 14.9. The first-order chi connectivity index (χ1) is 11.5. The van der Waals surface area contributed by atoms with Crippen LogP contribution >= 0.6 is 0 Å². The predicted molar refractivity (Wildman–Crippen MR) is 95.9 cm³/mol. The summed E-state index contributed by atoms with van der Waals surface area (Å²) < 4.78 is 0. The molecule has 4 nitrogen and oxygen atoms in total. The van der Waals surface area contributed by atoms with Gasteiger partial charge in [0.05, 0.1) is 5.69 Å². The molecule has 1 fully saturated rings. The van der Waals surface area contributed by atoms with E-state index in [9.17, 15) is 4.79 Å². The van der Waals surface area contributed by atoms with Crippen molar-refractivity contribution in [2.45, 2.75) is 58.5 Å². The molecule has 0 radical (unpaired) electrons. The molecule has 3 rings (SSSR count). The Hall–Kier alpha value is -2.23. The maximum Gasteiger partial charge on any atom is 0.255 e. The smallest absolute Gasteiger partial charge is 0.255 e. The Balaban J connectivity index is 2.02. The second-order valence-corrected chi connectivity index (χ2v) is 7.05. The van der Waals surface area contributed by atoms with Crippen LogP contribution in [0.15, 0.2) is 36.7 Å². The van der Waals surface area contributed by atoms with Gasteiger partial charge in [-0.2, -0.15) is 0 Å². The lowest BCUT2D eigenvalue weighted by atomic mass is 10.0. The summed E-state index contributed by atoms with van der Waals surface area (Å²) in [5, 5.41) is 0. The van der Waals surface area contributed by atoms with E-state index in [1.807, 2.05) is 35.2 Å². The minimum absolute atomic E-state index is 0.0576. The van der Waals surface area contributed by atoms with Crippen molar-refractivity contribution in [1.29, 1.82) is 0 Å². The number of carbonyl (C=O) groups is 1. The Labute approximate surface area is 143 Å². The maximum atomic E-state index is 13.1. The van der Waals surface area contributed by atoms with E-state index in [1.54, 1.807) is 6.33 Å². The summed E-state index contributed by atoms with van der Waals surface area (Å²) in [4.78, 5) is 23.9. The first-order valence-corrected chi connectivity index (χ1v) is 8.73. The molecule has 1 saturated carbocycles. The third-order valence-electron chi connectivity index (χ3n) is 4.46. The molecule has 0 atom stereocenters. The highest BCUT2D eigenvalue weighted by molar-refractivity contribution is 6.00. The van der Waals surface area contributed by atoms with Crippen LogP contribution in [-0.4, -0.2) is 32.9 Å². The quantitative estimate of drug-likeness (QED) is 0.825. The minimum atomic E-state index is 0.0576. The average molecular weight is 323 g/mol. The topological polar surface area (TPSA) is 46.1 Å². The van der Waals surface area contributed by atoms with Gasteiger partial charge in [-0.3, -0.25) is 4.79 Å². The number of carbonyl (C=O) groups excluding carboxylic acids is 1.